The lowest BCUT2D eigenvalue weighted by Crippen LogP contribution is -2.28. The van der Waals surface area contributed by atoms with Crippen molar-refractivity contribution in [1.82, 2.24) is 5.32 Å². The van der Waals surface area contributed by atoms with E-state index in [0.717, 1.165) is 12.1 Å². The highest BCUT2D eigenvalue weighted by molar-refractivity contribution is 5.92. The van der Waals surface area contributed by atoms with E-state index in [0.29, 0.717) is 11.3 Å². The predicted molar refractivity (Wildman–Crippen MR) is 99.4 cm³/mol. The second kappa shape index (κ2) is 8.40. The smallest absolute Gasteiger partial charge is 0.416 e. The Labute approximate surface area is 164 Å². The van der Waals surface area contributed by atoms with Gasteiger partial charge in [-0.05, 0) is 42.0 Å². The number of nitrogens with one attached hydrogen (secondary N) is 1. The zero-order valence-electron chi connectivity index (χ0n) is 15.4. The van der Waals surface area contributed by atoms with Gasteiger partial charge >= 0.3 is 6.18 Å². The maximum atomic E-state index is 12.9. The largest absolute Gasteiger partial charge is 0.497 e. The molecule has 0 fully saturated rings. The van der Waals surface area contributed by atoms with Gasteiger partial charge in [0.25, 0.3) is 5.91 Å². The van der Waals surface area contributed by atoms with Gasteiger partial charge in [0.15, 0.2) is 5.76 Å². The molecule has 0 spiro atoms. The minimum Gasteiger partial charge on any atom is -0.497 e. The molecule has 29 heavy (non-hydrogen) atoms. The maximum Gasteiger partial charge on any atom is 0.416 e. The number of furan rings is 1. The molecule has 8 heteroatoms. The summed E-state index contributed by atoms with van der Waals surface area (Å²) >= 11 is 0. The van der Waals surface area contributed by atoms with Gasteiger partial charge in [0.05, 0.1) is 18.8 Å². The summed E-state index contributed by atoms with van der Waals surface area (Å²) in [4.78, 5) is 12.3. The van der Waals surface area contributed by atoms with Gasteiger partial charge in [-0.15, -0.1) is 0 Å². The highest BCUT2D eigenvalue weighted by atomic mass is 19.4. The number of rotatable bonds is 6. The first-order valence-electron chi connectivity index (χ1n) is 8.65. The van der Waals surface area contributed by atoms with Gasteiger partial charge in [0.2, 0.25) is 0 Å². The Balaban J connectivity index is 1.66. The lowest BCUT2D eigenvalue weighted by atomic mass is 10.1. The average Bonchev–Trinajstić information content (AvgIpc) is 3.21. The summed E-state index contributed by atoms with van der Waals surface area (Å²) in [5.74, 6) is 0.0414. The van der Waals surface area contributed by atoms with Crippen molar-refractivity contribution in [3.8, 4) is 17.1 Å². The molecule has 0 aliphatic carbocycles. The van der Waals surface area contributed by atoms with Gasteiger partial charge in [-0.2, -0.15) is 13.2 Å². The van der Waals surface area contributed by atoms with Crippen LogP contribution >= 0.6 is 0 Å². The van der Waals surface area contributed by atoms with Gasteiger partial charge in [0, 0.05) is 12.1 Å². The molecule has 0 aliphatic heterocycles. The molecule has 3 rings (SSSR count). The number of alkyl halides is 3. The van der Waals surface area contributed by atoms with Gasteiger partial charge in [0.1, 0.15) is 11.5 Å². The summed E-state index contributed by atoms with van der Waals surface area (Å²) in [5.41, 5.74) is -0.0390. The molecule has 1 unspecified atom stereocenters. The van der Waals surface area contributed by atoms with Crippen LogP contribution < -0.4 is 10.1 Å². The zero-order valence-corrected chi connectivity index (χ0v) is 15.4. The van der Waals surface area contributed by atoms with Gasteiger partial charge < -0.3 is 19.6 Å². The maximum absolute atomic E-state index is 12.9. The number of carbonyl (C=O) groups excluding carboxylic acids is 1. The molecule has 1 atom stereocenters. The van der Waals surface area contributed by atoms with Crippen molar-refractivity contribution < 1.29 is 32.2 Å². The molecule has 0 bridgehead atoms. The number of amides is 1. The fourth-order valence-corrected chi connectivity index (χ4v) is 2.71. The average molecular weight is 405 g/mol. The Hall–Kier alpha value is -3.26. The fourth-order valence-electron chi connectivity index (χ4n) is 2.71. The third kappa shape index (κ3) is 4.97. The summed E-state index contributed by atoms with van der Waals surface area (Å²) in [6.45, 7) is -0.0778. The van der Waals surface area contributed by atoms with Gasteiger partial charge in [-0.3, -0.25) is 4.79 Å². The standard InChI is InChI=1S/C21H18F3NO4/c1-28-16-7-3-4-13(11-16)17(26)12-25-20(27)19-9-8-18(29-19)14-5-2-6-15(10-14)21(22,23)24/h2-11,17,26H,12H2,1H3,(H,25,27). The monoisotopic (exact) mass is 405 g/mol. The Morgan fingerprint density at radius 2 is 1.90 bits per heavy atom. The molecule has 5 nitrogen and oxygen atoms in total. The van der Waals surface area contributed by atoms with Crippen molar-refractivity contribution in [2.45, 2.75) is 12.3 Å². The molecule has 0 radical (unpaired) electrons. The van der Waals surface area contributed by atoms with Crippen LogP contribution in [0.1, 0.15) is 27.8 Å². The molecule has 0 aliphatic rings. The quantitative estimate of drug-likeness (QED) is 0.636. The summed E-state index contributed by atoms with van der Waals surface area (Å²) in [6, 6.07) is 14.2. The number of methoxy groups -OCH3 is 1. The van der Waals surface area contributed by atoms with E-state index in [9.17, 15) is 23.1 Å². The molecule has 3 aromatic rings. The minimum atomic E-state index is -4.47. The second-order valence-electron chi connectivity index (χ2n) is 6.24. The van der Waals surface area contributed by atoms with Crippen LogP contribution in [-0.2, 0) is 6.18 Å². The summed E-state index contributed by atoms with van der Waals surface area (Å²) in [5, 5.41) is 12.8. The highest BCUT2D eigenvalue weighted by Crippen LogP contribution is 2.32. The number of hydrogen-bond donors (Lipinski definition) is 2. The normalized spacial score (nSPS) is 12.4. The van der Waals surface area contributed by atoms with Crippen LogP contribution in [0.25, 0.3) is 11.3 Å². The minimum absolute atomic E-state index is 0.0738. The first-order valence-corrected chi connectivity index (χ1v) is 8.65. The van der Waals surface area contributed by atoms with E-state index in [4.69, 9.17) is 9.15 Å². The van der Waals surface area contributed by atoms with E-state index in [2.05, 4.69) is 5.32 Å². The molecular formula is C21H18F3NO4. The first kappa shape index (κ1) is 20.5. The van der Waals surface area contributed by atoms with Crippen LogP contribution in [-0.4, -0.2) is 24.7 Å². The molecule has 1 heterocycles. The van der Waals surface area contributed by atoms with Crippen molar-refractivity contribution in [2.75, 3.05) is 13.7 Å². The topological polar surface area (TPSA) is 71.7 Å². The molecule has 1 amide bonds. The molecular weight excluding hydrogens is 387 g/mol. The Kier molecular flexibility index (Phi) is 5.93. The molecule has 0 saturated carbocycles. The summed E-state index contributed by atoms with van der Waals surface area (Å²) in [7, 11) is 1.51. The molecule has 152 valence electrons. The number of aliphatic hydroxyl groups is 1. The highest BCUT2D eigenvalue weighted by Gasteiger charge is 2.30. The third-order valence-electron chi connectivity index (χ3n) is 4.24. The molecule has 0 saturated heterocycles. The first-order chi connectivity index (χ1) is 13.8. The van der Waals surface area contributed by atoms with Crippen molar-refractivity contribution in [3.05, 3.63) is 77.6 Å². The molecule has 2 aromatic carbocycles. The van der Waals surface area contributed by atoms with E-state index in [1.54, 1.807) is 24.3 Å². The predicted octanol–water partition coefficient (Wildman–Crippen LogP) is 4.44. The summed E-state index contributed by atoms with van der Waals surface area (Å²) < 4.78 is 49.0. The van der Waals surface area contributed by atoms with Crippen LogP contribution in [0.5, 0.6) is 5.75 Å². The summed E-state index contributed by atoms with van der Waals surface area (Å²) in [6.07, 6.45) is -5.44. The van der Waals surface area contributed by atoms with Gasteiger partial charge in [-0.25, -0.2) is 0 Å². The molecule has 1 aromatic heterocycles. The number of hydrogen-bond acceptors (Lipinski definition) is 4. The second-order valence-corrected chi connectivity index (χ2v) is 6.24. The number of halogens is 3. The van der Waals surface area contributed by atoms with E-state index >= 15 is 0 Å². The number of aliphatic hydroxyl groups excluding tert-OH is 1. The van der Waals surface area contributed by atoms with Crippen molar-refractivity contribution in [1.29, 1.82) is 0 Å². The Morgan fingerprint density at radius 3 is 2.62 bits per heavy atom. The van der Waals surface area contributed by atoms with Crippen molar-refractivity contribution in [2.24, 2.45) is 0 Å². The zero-order chi connectivity index (χ0) is 21.0. The van der Waals surface area contributed by atoms with Crippen molar-refractivity contribution >= 4 is 5.91 Å². The van der Waals surface area contributed by atoms with E-state index in [1.165, 1.54) is 31.4 Å². The fraction of sp³-hybridized carbons (Fsp3) is 0.190. The lowest BCUT2D eigenvalue weighted by Gasteiger charge is -2.12. The van der Waals surface area contributed by atoms with E-state index < -0.39 is 23.8 Å². The van der Waals surface area contributed by atoms with Crippen LogP contribution in [0, 0.1) is 0 Å². The number of benzene rings is 2. The number of ether oxygens (including phenoxy) is 1. The Bertz CT molecular complexity index is 997. The van der Waals surface area contributed by atoms with Crippen LogP contribution in [0.15, 0.2) is 65.1 Å². The van der Waals surface area contributed by atoms with Crippen molar-refractivity contribution in [3.63, 3.8) is 0 Å². The lowest BCUT2D eigenvalue weighted by molar-refractivity contribution is -0.137. The third-order valence-corrected chi connectivity index (χ3v) is 4.24. The van der Waals surface area contributed by atoms with Gasteiger partial charge in [-0.1, -0.05) is 24.3 Å². The SMILES string of the molecule is COc1cccc(C(O)CNC(=O)c2ccc(-c3cccc(C(F)(F)F)c3)o2)c1. The molecule has 2 N–H and O–H groups in total. The van der Waals surface area contributed by atoms with E-state index in [-0.39, 0.29) is 23.6 Å². The van der Waals surface area contributed by atoms with Crippen LogP contribution in [0.3, 0.4) is 0 Å². The van der Waals surface area contributed by atoms with E-state index in [1.807, 2.05) is 0 Å². The Morgan fingerprint density at radius 1 is 1.14 bits per heavy atom. The van der Waals surface area contributed by atoms with Crippen LogP contribution in [0.4, 0.5) is 13.2 Å². The number of carbonyl (C=O) groups is 1. The van der Waals surface area contributed by atoms with Crippen LogP contribution in [0.2, 0.25) is 0 Å².